The van der Waals surface area contributed by atoms with Gasteiger partial charge in [-0.2, -0.15) is 0 Å². The molecule has 1 N–H and O–H groups in total. The zero-order valence-electron chi connectivity index (χ0n) is 21.9. The van der Waals surface area contributed by atoms with Crippen LogP contribution in [0.4, 0.5) is 11.4 Å². The number of ether oxygens (including phenoxy) is 1. The van der Waals surface area contributed by atoms with E-state index >= 15 is 0 Å². The van der Waals surface area contributed by atoms with E-state index in [1.165, 1.54) is 27.9 Å². The molecule has 0 unspecified atom stereocenters. The number of hydrogen-bond acceptors (Lipinski definition) is 9. The Bertz CT molecular complexity index is 1750. The first-order valence-electron chi connectivity index (χ1n) is 12.9. The summed E-state index contributed by atoms with van der Waals surface area (Å²) in [7, 11) is 0. The van der Waals surface area contributed by atoms with Crippen LogP contribution in [0, 0.1) is 5.92 Å². The lowest BCUT2D eigenvalue weighted by atomic mass is 9.87. The standard InChI is InChI=1S/C29H22BrN3O7S2/c1-2-39-28(37)15-5-9-17(10-6-15)31-20(34)14-32-27-24(42-29(32)38)21(19-4-3-13-40-19)22-23(41-27)26(36)33(25(22)35)18-11-7-16(30)8-12-18/h3-13,21-23H,2,14H2,1H3,(H,31,34)/t21-,22-,23+/m0/s1. The number of thioether (sulfide) groups is 1. The molecule has 4 aromatic rings. The highest BCUT2D eigenvalue weighted by molar-refractivity contribution is 9.10. The minimum atomic E-state index is -0.817. The van der Waals surface area contributed by atoms with Crippen molar-refractivity contribution < 1.29 is 28.3 Å². The van der Waals surface area contributed by atoms with Gasteiger partial charge >= 0.3 is 10.8 Å². The third kappa shape index (κ3) is 5.01. The number of aromatic nitrogens is 1. The molecule has 3 atom stereocenters. The number of halogens is 1. The van der Waals surface area contributed by atoms with Gasteiger partial charge in [-0.15, -0.1) is 0 Å². The third-order valence-electron chi connectivity index (χ3n) is 6.97. The molecular formula is C29H22BrN3O7S2. The van der Waals surface area contributed by atoms with Crippen molar-refractivity contribution in [3.63, 3.8) is 0 Å². The van der Waals surface area contributed by atoms with Crippen LogP contribution in [-0.2, 0) is 25.7 Å². The van der Waals surface area contributed by atoms with Crippen LogP contribution in [0.5, 0.6) is 0 Å². The molecule has 0 aliphatic carbocycles. The van der Waals surface area contributed by atoms with Crippen molar-refractivity contribution in [1.29, 1.82) is 0 Å². The van der Waals surface area contributed by atoms with Gasteiger partial charge in [0.05, 0.1) is 45.9 Å². The second-order valence-electron chi connectivity index (χ2n) is 9.52. The van der Waals surface area contributed by atoms with Crippen LogP contribution in [0.15, 0.2) is 85.6 Å². The number of nitrogens with zero attached hydrogens (tertiary/aromatic N) is 2. The van der Waals surface area contributed by atoms with Gasteiger partial charge < -0.3 is 14.5 Å². The summed E-state index contributed by atoms with van der Waals surface area (Å²) in [4.78, 5) is 67.0. The zero-order valence-corrected chi connectivity index (χ0v) is 25.2. The van der Waals surface area contributed by atoms with Gasteiger partial charge in [0.25, 0.3) is 0 Å². The van der Waals surface area contributed by atoms with E-state index in [1.807, 2.05) is 0 Å². The molecule has 214 valence electrons. The van der Waals surface area contributed by atoms with Crippen LogP contribution in [-0.4, -0.2) is 40.1 Å². The molecule has 2 aliphatic rings. The highest BCUT2D eigenvalue weighted by Crippen LogP contribution is 2.54. The van der Waals surface area contributed by atoms with Crippen LogP contribution in [0.2, 0.25) is 0 Å². The van der Waals surface area contributed by atoms with Crippen molar-refractivity contribution in [1.82, 2.24) is 4.57 Å². The molecule has 0 saturated carbocycles. The van der Waals surface area contributed by atoms with Gasteiger partial charge in [0.1, 0.15) is 17.6 Å². The Labute approximate surface area is 255 Å². The molecule has 6 rings (SSSR count). The maximum atomic E-state index is 13.8. The number of esters is 1. The normalized spacial score (nSPS) is 19.4. The molecule has 42 heavy (non-hydrogen) atoms. The van der Waals surface area contributed by atoms with Crippen molar-refractivity contribution in [3.05, 3.63) is 97.3 Å². The Morgan fingerprint density at radius 1 is 1.02 bits per heavy atom. The fourth-order valence-corrected chi connectivity index (χ4v) is 8.14. The van der Waals surface area contributed by atoms with E-state index in [9.17, 15) is 24.0 Å². The highest BCUT2D eigenvalue weighted by atomic mass is 79.9. The molecule has 2 aromatic carbocycles. The molecule has 0 radical (unpaired) electrons. The summed E-state index contributed by atoms with van der Waals surface area (Å²) in [6.07, 6.45) is 1.49. The number of hydrogen-bond donors (Lipinski definition) is 1. The van der Waals surface area contributed by atoms with Crippen molar-refractivity contribution >= 4 is 74.1 Å². The summed E-state index contributed by atoms with van der Waals surface area (Å²) in [6, 6.07) is 16.5. The first kappa shape index (κ1) is 28.2. The van der Waals surface area contributed by atoms with Crippen molar-refractivity contribution in [2.24, 2.45) is 5.92 Å². The topological polar surface area (TPSA) is 128 Å². The van der Waals surface area contributed by atoms with Crippen LogP contribution < -0.4 is 15.1 Å². The number of carbonyl (C=O) groups is 4. The predicted molar refractivity (Wildman–Crippen MR) is 160 cm³/mol. The number of benzene rings is 2. The Balaban J connectivity index is 1.30. The second kappa shape index (κ2) is 11.4. The monoisotopic (exact) mass is 667 g/mol. The number of rotatable bonds is 7. The molecule has 0 bridgehead atoms. The minimum absolute atomic E-state index is 0.249. The Hall–Kier alpha value is -3.94. The Kier molecular flexibility index (Phi) is 7.64. The van der Waals surface area contributed by atoms with Gasteiger partial charge in [0.15, 0.2) is 0 Å². The van der Waals surface area contributed by atoms with Gasteiger partial charge in [-0.25, -0.2) is 9.69 Å². The minimum Gasteiger partial charge on any atom is -0.469 e. The van der Waals surface area contributed by atoms with E-state index in [0.29, 0.717) is 32.6 Å². The fourth-order valence-electron chi connectivity index (χ4n) is 5.12. The van der Waals surface area contributed by atoms with Crippen LogP contribution >= 0.6 is 39.0 Å². The molecule has 1 saturated heterocycles. The zero-order chi connectivity index (χ0) is 29.5. The Morgan fingerprint density at radius 2 is 1.76 bits per heavy atom. The summed E-state index contributed by atoms with van der Waals surface area (Å²) in [6.45, 7) is 1.66. The average Bonchev–Trinajstić information content (AvgIpc) is 3.67. The van der Waals surface area contributed by atoms with Gasteiger partial charge in [-0.3, -0.25) is 23.7 Å². The van der Waals surface area contributed by atoms with Gasteiger partial charge in [-0.05, 0) is 67.6 Å². The summed E-state index contributed by atoms with van der Waals surface area (Å²) < 4.78 is 12.8. The first-order chi connectivity index (χ1) is 20.3. The molecule has 1 fully saturated rings. The summed E-state index contributed by atoms with van der Waals surface area (Å²) in [5, 5.41) is 2.38. The summed E-state index contributed by atoms with van der Waals surface area (Å²) >= 11 is 5.44. The van der Waals surface area contributed by atoms with Crippen molar-refractivity contribution in [2.75, 3.05) is 16.8 Å². The highest BCUT2D eigenvalue weighted by Gasteiger charge is 2.57. The molecule has 10 nitrogen and oxygen atoms in total. The third-order valence-corrected chi connectivity index (χ3v) is 10.1. The van der Waals surface area contributed by atoms with E-state index in [4.69, 9.17) is 9.15 Å². The number of nitrogens with one attached hydrogen (secondary N) is 1. The van der Waals surface area contributed by atoms with Crippen LogP contribution in [0.3, 0.4) is 0 Å². The number of anilines is 2. The van der Waals surface area contributed by atoms with E-state index in [0.717, 1.165) is 27.6 Å². The Morgan fingerprint density at radius 3 is 2.43 bits per heavy atom. The molecule has 3 amide bonds. The maximum Gasteiger partial charge on any atom is 0.338 e. The predicted octanol–water partition coefficient (Wildman–Crippen LogP) is 4.88. The number of imide groups is 1. The number of thiazole rings is 1. The lowest BCUT2D eigenvalue weighted by Crippen LogP contribution is -2.32. The number of fused-ring (bicyclic) bond motifs is 2. The summed E-state index contributed by atoms with van der Waals surface area (Å²) in [5.41, 5.74) is 1.24. The lowest BCUT2D eigenvalue weighted by molar-refractivity contribution is -0.122. The quantitative estimate of drug-likeness (QED) is 0.218. The SMILES string of the molecule is CCOC(=O)c1ccc(NC(=O)Cn2c3c(sc2=O)[C@@H](c2ccco2)[C@@H]2C(=O)N(c4ccc(Br)cc4)C(=O)[C@@H]2S3)cc1. The smallest absolute Gasteiger partial charge is 0.338 e. The largest absolute Gasteiger partial charge is 0.469 e. The molecule has 2 aliphatic heterocycles. The van der Waals surface area contributed by atoms with Crippen LogP contribution in [0.25, 0.3) is 0 Å². The summed E-state index contributed by atoms with van der Waals surface area (Å²) in [5.74, 6) is -2.70. The lowest BCUT2D eigenvalue weighted by Gasteiger charge is -2.29. The molecule has 4 heterocycles. The number of carbonyl (C=O) groups excluding carboxylic acids is 4. The van der Waals surface area contributed by atoms with Crippen molar-refractivity contribution in [2.45, 2.75) is 29.7 Å². The first-order valence-corrected chi connectivity index (χ1v) is 15.4. The molecule has 2 aromatic heterocycles. The molecule has 0 spiro atoms. The molecular weight excluding hydrogens is 646 g/mol. The second-order valence-corrected chi connectivity index (χ2v) is 12.6. The number of furan rings is 1. The molecule has 13 heteroatoms. The van der Waals surface area contributed by atoms with Gasteiger partial charge in [0, 0.05) is 10.2 Å². The van der Waals surface area contributed by atoms with Gasteiger partial charge in [-0.1, -0.05) is 39.0 Å². The van der Waals surface area contributed by atoms with Crippen molar-refractivity contribution in [3.8, 4) is 0 Å². The maximum absolute atomic E-state index is 13.8. The van der Waals surface area contributed by atoms with E-state index in [2.05, 4.69) is 21.2 Å². The van der Waals surface area contributed by atoms with E-state index in [-0.39, 0.29) is 23.9 Å². The number of amides is 3. The average molecular weight is 669 g/mol. The van der Waals surface area contributed by atoms with Crippen LogP contribution in [0.1, 0.15) is 33.8 Å². The van der Waals surface area contributed by atoms with Gasteiger partial charge in [0.2, 0.25) is 17.7 Å². The van der Waals surface area contributed by atoms with E-state index in [1.54, 1.807) is 55.5 Å². The fraction of sp³-hybridized carbons (Fsp3) is 0.207. The van der Waals surface area contributed by atoms with E-state index < -0.39 is 34.9 Å².